The summed E-state index contributed by atoms with van der Waals surface area (Å²) in [6.45, 7) is 0. The first-order valence-electron chi connectivity index (χ1n) is 5.83. The van der Waals surface area contributed by atoms with Crippen LogP contribution in [-0.2, 0) is 9.59 Å². The third-order valence-corrected chi connectivity index (χ3v) is 2.55. The van der Waals surface area contributed by atoms with Crippen molar-refractivity contribution in [3.05, 3.63) is 36.1 Å². The van der Waals surface area contributed by atoms with Crippen molar-refractivity contribution in [2.75, 3.05) is 0 Å². The third-order valence-electron chi connectivity index (χ3n) is 2.55. The number of amides is 1. The molecular formula is C13H13NO8. The van der Waals surface area contributed by atoms with Crippen LogP contribution in [0.15, 0.2) is 34.9 Å². The van der Waals surface area contributed by atoms with E-state index in [0.29, 0.717) is 11.1 Å². The summed E-state index contributed by atoms with van der Waals surface area (Å²) in [5, 5.41) is 33.4. The molecule has 1 aromatic carbocycles. The van der Waals surface area contributed by atoms with Crippen molar-refractivity contribution in [3.8, 4) is 0 Å². The summed E-state index contributed by atoms with van der Waals surface area (Å²) in [5.74, 6) is -4.00. The number of carboxylic acid groups (broad SMARTS) is 2. The van der Waals surface area contributed by atoms with Crippen molar-refractivity contribution >= 4 is 28.8 Å². The highest BCUT2D eigenvalue weighted by Crippen LogP contribution is 2.18. The number of primary amides is 1. The fraction of sp³-hybridized carbons (Fsp3) is 0.154. The molecule has 0 unspecified atom stereocenters. The van der Waals surface area contributed by atoms with E-state index >= 15 is 0 Å². The Labute approximate surface area is 123 Å². The van der Waals surface area contributed by atoms with Gasteiger partial charge in [0, 0.05) is 5.39 Å². The highest BCUT2D eigenvalue weighted by molar-refractivity contribution is 6.03. The van der Waals surface area contributed by atoms with Gasteiger partial charge in [0.1, 0.15) is 5.58 Å². The summed E-state index contributed by atoms with van der Waals surface area (Å²) >= 11 is 0. The zero-order chi connectivity index (χ0) is 16.9. The van der Waals surface area contributed by atoms with Gasteiger partial charge in [0.25, 0.3) is 5.91 Å². The predicted octanol–water partition coefficient (Wildman–Crippen LogP) is -0.591. The van der Waals surface area contributed by atoms with Gasteiger partial charge in [-0.2, -0.15) is 0 Å². The van der Waals surface area contributed by atoms with Crippen molar-refractivity contribution in [2.45, 2.75) is 12.2 Å². The van der Waals surface area contributed by atoms with Gasteiger partial charge in [-0.25, -0.2) is 9.59 Å². The number of aliphatic hydroxyl groups excluding tert-OH is 2. The van der Waals surface area contributed by atoms with Crippen molar-refractivity contribution in [3.63, 3.8) is 0 Å². The molecule has 0 saturated carbocycles. The van der Waals surface area contributed by atoms with Crippen LogP contribution in [0.4, 0.5) is 0 Å². The highest BCUT2D eigenvalue weighted by atomic mass is 16.4. The van der Waals surface area contributed by atoms with Gasteiger partial charge in [0.05, 0.1) is 11.8 Å². The molecule has 2 aromatic rings. The summed E-state index contributed by atoms with van der Waals surface area (Å²) in [6.07, 6.45) is -2.99. The molecule has 0 fully saturated rings. The molecule has 9 heteroatoms. The van der Waals surface area contributed by atoms with E-state index in [1.165, 1.54) is 6.26 Å². The molecular weight excluding hydrogens is 298 g/mol. The van der Waals surface area contributed by atoms with Gasteiger partial charge >= 0.3 is 11.9 Å². The van der Waals surface area contributed by atoms with Crippen LogP contribution in [0.3, 0.4) is 0 Å². The Bertz CT molecular complexity index is 674. The van der Waals surface area contributed by atoms with Crippen molar-refractivity contribution in [1.29, 1.82) is 0 Å². The Morgan fingerprint density at radius 3 is 2.00 bits per heavy atom. The van der Waals surface area contributed by atoms with Gasteiger partial charge in [-0.3, -0.25) is 4.79 Å². The molecule has 2 rings (SSSR count). The van der Waals surface area contributed by atoms with E-state index in [0.717, 1.165) is 5.39 Å². The quantitative estimate of drug-likeness (QED) is 0.498. The van der Waals surface area contributed by atoms with Gasteiger partial charge < -0.3 is 30.6 Å². The number of furan rings is 1. The van der Waals surface area contributed by atoms with Crippen LogP contribution in [0.2, 0.25) is 0 Å². The van der Waals surface area contributed by atoms with Crippen molar-refractivity contribution < 1.29 is 39.2 Å². The zero-order valence-corrected chi connectivity index (χ0v) is 11.0. The Hall–Kier alpha value is -2.91. The Morgan fingerprint density at radius 1 is 1.00 bits per heavy atom. The van der Waals surface area contributed by atoms with E-state index in [9.17, 15) is 14.4 Å². The maximum atomic E-state index is 10.9. The van der Waals surface area contributed by atoms with Crippen molar-refractivity contribution in [2.24, 2.45) is 5.73 Å². The molecule has 0 radical (unpaired) electrons. The van der Waals surface area contributed by atoms with Crippen LogP contribution in [0.5, 0.6) is 0 Å². The number of fused-ring (bicyclic) bond motifs is 1. The summed E-state index contributed by atoms with van der Waals surface area (Å²) < 4.78 is 5.11. The van der Waals surface area contributed by atoms with Gasteiger partial charge in [0.2, 0.25) is 0 Å². The number of benzene rings is 1. The van der Waals surface area contributed by atoms with E-state index < -0.39 is 30.1 Å². The molecule has 118 valence electrons. The number of hydrogen-bond acceptors (Lipinski definition) is 6. The minimum absolute atomic E-state index is 0.428. The maximum Gasteiger partial charge on any atom is 0.335 e. The Kier molecular flexibility index (Phi) is 5.61. The number of carboxylic acids is 2. The van der Waals surface area contributed by atoms with Crippen LogP contribution < -0.4 is 5.73 Å². The molecule has 1 heterocycles. The van der Waals surface area contributed by atoms with Gasteiger partial charge in [-0.15, -0.1) is 0 Å². The van der Waals surface area contributed by atoms with E-state index in [-0.39, 0.29) is 0 Å². The first-order chi connectivity index (χ1) is 10.3. The van der Waals surface area contributed by atoms with Gasteiger partial charge in [-0.05, 0) is 12.1 Å². The number of para-hydroxylation sites is 1. The number of aliphatic carboxylic acids is 2. The highest BCUT2D eigenvalue weighted by Gasteiger charge is 2.29. The number of nitrogens with two attached hydrogens (primary N) is 1. The smallest absolute Gasteiger partial charge is 0.335 e. The lowest BCUT2D eigenvalue weighted by molar-refractivity contribution is -0.165. The second-order valence-electron chi connectivity index (χ2n) is 4.07. The molecule has 9 nitrogen and oxygen atoms in total. The van der Waals surface area contributed by atoms with E-state index in [4.69, 9.17) is 30.6 Å². The molecule has 1 aromatic heterocycles. The minimum Gasteiger partial charge on any atom is -0.479 e. The topological polar surface area (TPSA) is 171 Å². The van der Waals surface area contributed by atoms with Crippen LogP contribution in [0, 0.1) is 0 Å². The molecule has 0 spiro atoms. The summed E-state index contributed by atoms with van der Waals surface area (Å²) in [4.78, 5) is 30.4. The van der Waals surface area contributed by atoms with Crippen LogP contribution >= 0.6 is 0 Å². The lowest BCUT2D eigenvalue weighted by Crippen LogP contribution is -2.39. The lowest BCUT2D eigenvalue weighted by Gasteiger charge is -2.07. The first kappa shape index (κ1) is 17.1. The third kappa shape index (κ3) is 4.04. The monoisotopic (exact) mass is 311 g/mol. The molecule has 0 aliphatic rings. The molecule has 0 aliphatic heterocycles. The number of carbonyl (C=O) groups excluding carboxylic acids is 1. The van der Waals surface area contributed by atoms with Crippen LogP contribution in [-0.4, -0.2) is 50.5 Å². The maximum absolute atomic E-state index is 10.9. The Balaban J connectivity index is 0.000000225. The average molecular weight is 311 g/mol. The lowest BCUT2D eigenvalue weighted by atomic mass is 10.1. The van der Waals surface area contributed by atoms with E-state index in [2.05, 4.69) is 0 Å². The molecule has 22 heavy (non-hydrogen) atoms. The van der Waals surface area contributed by atoms with Crippen molar-refractivity contribution in [1.82, 2.24) is 0 Å². The van der Waals surface area contributed by atoms with Gasteiger partial charge in [0.15, 0.2) is 12.2 Å². The molecule has 1 amide bonds. The second-order valence-corrected chi connectivity index (χ2v) is 4.07. The molecule has 0 bridgehead atoms. The molecule has 2 atom stereocenters. The first-order valence-corrected chi connectivity index (χ1v) is 5.83. The average Bonchev–Trinajstić information content (AvgIpc) is 2.94. The second kappa shape index (κ2) is 7.20. The minimum atomic E-state index is -2.27. The predicted molar refractivity (Wildman–Crippen MR) is 72.0 cm³/mol. The largest absolute Gasteiger partial charge is 0.479 e. The summed E-state index contributed by atoms with van der Waals surface area (Å²) in [7, 11) is 0. The fourth-order valence-electron chi connectivity index (χ4n) is 1.46. The molecule has 6 N–H and O–H groups in total. The molecule has 0 saturated heterocycles. The van der Waals surface area contributed by atoms with Crippen LogP contribution in [0.25, 0.3) is 11.0 Å². The number of hydrogen-bond donors (Lipinski definition) is 5. The Morgan fingerprint density at radius 2 is 1.55 bits per heavy atom. The van der Waals surface area contributed by atoms with Crippen LogP contribution in [0.1, 0.15) is 10.4 Å². The summed E-state index contributed by atoms with van der Waals surface area (Å²) in [6, 6.07) is 7.08. The van der Waals surface area contributed by atoms with E-state index in [1.807, 2.05) is 6.07 Å². The number of carbonyl (C=O) groups is 3. The molecule has 0 aliphatic carbocycles. The fourth-order valence-corrected chi connectivity index (χ4v) is 1.46. The van der Waals surface area contributed by atoms with E-state index in [1.54, 1.807) is 18.2 Å². The summed E-state index contributed by atoms with van der Waals surface area (Å²) in [5.41, 5.74) is 6.13. The standard InChI is InChI=1S/C9H7NO2.C4H6O6/c10-9(11)7-3-1-2-6-4-5-12-8(6)7;5-1(3(7)8)2(6)4(9)10/h1-5H,(H2,10,11);1-2,5-6H,(H,7,8)(H,9,10)/t;1-,2-/m.1/s1. The number of rotatable bonds is 4. The number of aliphatic hydroxyl groups is 2. The zero-order valence-electron chi connectivity index (χ0n) is 11.0. The normalized spacial score (nSPS) is 12.8. The van der Waals surface area contributed by atoms with Gasteiger partial charge in [-0.1, -0.05) is 12.1 Å². The SMILES string of the molecule is NC(=O)c1cccc2ccoc12.O=C(O)[C@H](O)[C@@H](O)C(=O)O.